The highest BCUT2D eigenvalue weighted by Gasteiger charge is 2.30. The standard InChI is InChI=1S/C21H30N6O.HI/c1-2-22-21(26-11-8-20(17-26)25-12-14-28-15-13-25)23-16-18-4-6-19(7-5-18)27-10-3-9-24-27;/h3-7,9-10,20H,2,8,11-17H2,1H3,(H,22,23);1H. The second kappa shape index (κ2) is 10.9. The number of nitrogens with one attached hydrogen (secondary N) is 1. The Balaban J connectivity index is 0.00000240. The van der Waals surface area contributed by atoms with Crippen molar-refractivity contribution in [1.29, 1.82) is 0 Å². The van der Waals surface area contributed by atoms with Gasteiger partial charge in [-0.25, -0.2) is 9.67 Å². The zero-order valence-electron chi connectivity index (χ0n) is 17.0. The number of aliphatic imine (C=N–C) groups is 1. The van der Waals surface area contributed by atoms with Crippen LogP contribution in [0.4, 0.5) is 0 Å². The minimum Gasteiger partial charge on any atom is -0.379 e. The third-order valence-corrected chi connectivity index (χ3v) is 5.48. The summed E-state index contributed by atoms with van der Waals surface area (Å²) < 4.78 is 7.36. The maximum absolute atomic E-state index is 5.49. The predicted molar refractivity (Wildman–Crippen MR) is 126 cm³/mol. The molecule has 1 aromatic carbocycles. The summed E-state index contributed by atoms with van der Waals surface area (Å²) in [5.41, 5.74) is 2.27. The van der Waals surface area contributed by atoms with Gasteiger partial charge in [-0.3, -0.25) is 4.90 Å². The van der Waals surface area contributed by atoms with Crippen molar-refractivity contribution in [2.75, 3.05) is 45.9 Å². The first-order chi connectivity index (χ1) is 13.8. The van der Waals surface area contributed by atoms with Gasteiger partial charge in [-0.1, -0.05) is 12.1 Å². The second-order valence-corrected chi connectivity index (χ2v) is 7.32. The van der Waals surface area contributed by atoms with Gasteiger partial charge in [0.15, 0.2) is 5.96 Å². The molecular formula is C21H31IN6O. The average Bonchev–Trinajstić information content (AvgIpc) is 3.45. The van der Waals surface area contributed by atoms with Crippen LogP contribution in [-0.2, 0) is 11.3 Å². The molecule has 2 aliphatic heterocycles. The van der Waals surface area contributed by atoms with E-state index in [-0.39, 0.29) is 24.0 Å². The number of ether oxygens (including phenoxy) is 1. The Kier molecular flexibility index (Phi) is 8.31. The van der Waals surface area contributed by atoms with Gasteiger partial charge in [0, 0.05) is 51.2 Å². The molecule has 0 radical (unpaired) electrons. The van der Waals surface area contributed by atoms with Crippen LogP contribution in [0.1, 0.15) is 18.9 Å². The zero-order chi connectivity index (χ0) is 19.2. The third kappa shape index (κ3) is 5.70. The second-order valence-electron chi connectivity index (χ2n) is 7.32. The van der Waals surface area contributed by atoms with E-state index in [0.29, 0.717) is 12.6 Å². The minimum atomic E-state index is 0. The summed E-state index contributed by atoms with van der Waals surface area (Å²) in [6.07, 6.45) is 4.94. The molecule has 1 unspecified atom stereocenters. The van der Waals surface area contributed by atoms with Gasteiger partial charge in [-0.2, -0.15) is 5.10 Å². The van der Waals surface area contributed by atoms with Crippen LogP contribution < -0.4 is 5.32 Å². The van der Waals surface area contributed by atoms with Crippen molar-refractivity contribution < 1.29 is 4.74 Å². The molecule has 2 aliphatic rings. The normalized spacial score (nSPS) is 20.5. The van der Waals surface area contributed by atoms with Gasteiger partial charge in [0.25, 0.3) is 0 Å². The molecule has 2 saturated heterocycles. The smallest absolute Gasteiger partial charge is 0.194 e. The lowest BCUT2D eigenvalue weighted by atomic mass is 10.2. The number of likely N-dealkylation sites (tertiary alicyclic amines) is 1. The van der Waals surface area contributed by atoms with Crippen molar-refractivity contribution in [3.8, 4) is 5.69 Å². The van der Waals surface area contributed by atoms with E-state index in [1.54, 1.807) is 6.20 Å². The largest absolute Gasteiger partial charge is 0.379 e. The molecule has 2 fully saturated rings. The lowest BCUT2D eigenvalue weighted by Crippen LogP contribution is -2.46. The molecule has 8 heteroatoms. The molecule has 0 saturated carbocycles. The fraction of sp³-hybridized carbons (Fsp3) is 0.524. The van der Waals surface area contributed by atoms with E-state index < -0.39 is 0 Å². The third-order valence-electron chi connectivity index (χ3n) is 5.48. The molecule has 1 N–H and O–H groups in total. The number of halogens is 1. The Labute approximate surface area is 190 Å². The molecule has 158 valence electrons. The van der Waals surface area contributed by atoms with Crippen molar-refractivity contribution >= 4 is 29.9 Å². The van der Waals surface area contributed by atoms with Crippen LogP contribution in [-0.4, -0.2) is 77.5 Å². The van der Waals surface area contributed by atoms with Crippen LogP contribution in [0, 0.1) is 0 Å². The van der Waals surface area contributed by atoms with E-state index >= 15 is 0 Å². The molecule has 29 heavy (non-hydrogen) atoms. The summed E-state index contributed by atoms with van der Waals surface area (Å²) in [6, 6.07) is 11.0. The molecule has 0 amide bonds. The number of nitrogens with zero attached hydrogens (tertiary/aromatic N) is 5. The highest BCUT2D eigenvalue weighted by Crippen LogP contribution is 2.17. The van der Waals surface area contributed by atoms with Crippen molar-refractivity contribution in [3.05, 3.63) is 48.3 Å². The van der Waals surface area contributed by atoms with Crippen molar-refractivity contribution in [2.24, 2.45) is 4.99 Å². The van der Waals surface area contributed by atoms with Crippen molar-refractivity contribution in [1.82, 2.24) is 24.9 Å². The first-order valence-electron chi connectivity index (χ1n) is 10.3. The summed E-state index contributed by atoms with van der Waals surface area (Å²) in [4.78, 5) is 9.88. The van der Waals surface area contributed by atoms with Crippen molar-refractivity contribution in [3.63, 3.8) is 0 Å². The highest BCUT2D eigenvalue weighted by molar-refractivity contribution is 14.0. The minimum absolute atomic E-state index is 0. The molecule has 0 aliphatic carbocycles. The fourth-order valence-corrected chi connectivity index (χ4v) is 3.94. The number of rotatable bonds is 5. The monoisotopic (exact) mass is 510 g/mol. The zero-order valence-corrected chi connectivity index (χ0v) is 19.4. The van der Waals surface area contributed by atoms with Gasteiger partial charge in [0.2, 0.25) is 0 Å². The number of aromatic nitrogens is 2. The Morgan fingerprint density at radius 3 is 2.69 bits per heavy atom. The Morgan fingerprint density at radius 2 is 2.00 bits per heavy atom. The Bertz CT molecular complexity index is 758. The molecule has 3 heterocycles. The van der Waals surface area contributed by atoms with Crippen LogP contribution in [0.25, 0.3) is 5.69 Å². The van der Waals surface area contributed by atoms with Gasteiger partial charge >= 0.3 is 0 Å². The first-order valence-corrected chi connectivity index (χ1v) is 10.3. The van der Waals surface area contributed by atoms with Crippen LogP contribution >= 0.6 is 24.0 Å². The molecule has 0 spiro atoms. The van der Waals surface area contributed by atoms with E-state index in [4.69, 9.17) is 9.73 Å². The Hall–Kier alpha value is -1.65. The van der Waals surface area contributed by atoms with Crippen LogP contribution in [0.5, 0.6) is 0 Å². The van der Waals surface area contributed by atoms with E-state index in [1.165, 1.54) is 12.0 Å². The van der Waals surface area contributed by atoms with Gasteiger partial charge in [-0.15, -0.1) is 24.0 Å². The summed E-state index contributed by atoms with van der Waals surface area (Å²) in [5.74, 6) is 1.02. The summed E-state index contributed by atoms with van der Waals surface area (Å²) in [7, 11) is 0. The topological polar surface area (TPSA) is 57.9 Å². The fourth-order valence-electron chi connectivity index (χ4n) is 3.94. The van der Waals surface area contributed by atoms with Crippen LogP contribution in [0.15, 0.2) is 47.7 Å². The highest BCUT2D eigenvalue weighted by atomic mass is 127. The van der Waals surface area contributed by atoms with Crippen LogP contribution in [0.3, 0.4) is 0 Å². The average molecular weight is 510 g/mol. The van der Waals surface area contributed by atoms with Gasteiger partial charge in [0.1, 0.15) is 0 Å². The number of guanidine groups is 1. The maximum Gasteiger partial charge on any atom is 0.194 e. The summed E-state index contributed by atoms with van der Waals surface area (Å²) in [5, 5.41) is 7.74. The van der Waals surface area contributed by atoms with Gasteiger partial charge in [0.05, 0.1) is 25.4 Å². The number of hydrogen-bond acceptors (Lipinski definition) is 4. The van der Waals surface area contributed by atoms with E-state index in [0.717, 1.165) is 57.6 Å². The molecule has 2 aromatic rings. The predicted octanol–water partition coefficient (Wildman–Crippen LogP) is 2.36. The lowest BCUT2D eigenvalue weighted by Gasteiger charge is -2.32. The Morgan fingerprint density at radius 1 is 1.21 bits per heavy atom. The van der Waals surface area contributed by atoms with E-state index in [1.807, 2.05) is 16.9 Å². The van der Waals surface area contributed by atoms with Crippen molar-refractivity contribution in [2.45, 2.75) is 25.9 Å². The van der Waals surface area contributed by atoms with E-state index in [2.05, 4.69) is 51.4 Å². The molecule has 1 aromatic heterocycles. The quantitative estimate of drug-likeness (QED) is 0.381. The van der Waals surface area contributed by atoms with Gasteiger partial charge < -0.3 is 15.0 Å². The first kappa shape index (κ1) is 22.0. The molecular weight excluding hydrogens is 479 g/mol. The molecule has 4 rings (SSSR count). The molecule has 0 bridgehead atoms. The van der Waals surface area contributed by atoms with Crippen LogP contribution in [0.2, 0.25) is 0 Å². The number of benzene rings is 1. The van der Waals surface area contributed by atoms with Gasteiger partial charge in [-0.05, 0) is 37.1 Å². The summed E-state index contributed by atoms with van der Waals surface area (Å²) in [6.45, 7) is 9.62. The molecule has 1 atom stereocenters. The number of hydrogen-bond donors (Lipinski definition) is 1. The number of morpholine rings is 1. The maximum atomic E-state index is 5.49. The summed E-state index contributed by atoms with van der Waals surface area (Å²) >= 11 is 0. The lowest BCUT2D eigenvalue weighted by molar-refractivity contribution is 0.0195. The van der Waals surface area contributed by atoms with E-state index in [9.17, 15) is 0 Å². The molecule has 7 nitrogen and oxygen atoms in total. The SMILES string of the molecule is CCNC(=NCc1ccc(-n2cccn2)cc1)N1CCC(N2CCOCC2)C1.I.